The zero-order chi connectivity index (χ0) is 13.1. The summed E-state index contributed by atoms with van der Waals surface area (Å²) in [5.74, 6) is 2.02. The van der Waals surface area contributed by atoms with Crippen molar-refractivity contribution in [1.82, 2.24) is 10.1 Å². The third kappa shape index (κ3) is 2.93. The molecule has 1 saturated heterocycles. The van der Waals surface area contributed by atoms with Crippen molar-refractivity contribution in [3.8, 4) is 5.75 Å². The normalized spacial score (nSPS) is 16.6. The Bertz CT molecular complexity index is 530. The SMILES string of the molecule is Oc1ccc(Cc2nc(C3CCOCC3)no2)cc1. The molecule has 1 aromatic heterocycles. The summed E-state index contributed by atoms with van der Waals surface area (Å²) in [4.78, 5) is 4.46. The van der Waals surface area contributed by atoms with Crippen molar-refractivity contribution in [2.24, 2.45) is 0 Å². The van der Waals surface area contributed by atoms with E-state index in [1.54, 1.807) is 12.1 Å². The van der Waals surface area contributed by atoms with Crippen molar-refractivity contribution in [2.45, 2.75) is 25.2 Å². The molecule has 2 aromatic rings. The topological polar surface area (TPSA) is 68.4 Å². The molecule has 0 radical (unpaired) electrons. The van der Waals surface area contributed by atoms with Crippen LogP contribution in [0.4, 0.5) is 0 Å². The van der Waals surface area contributed by atoms with Crippen molar-refractivity contribution in [2.75, 3.05) is 13.2 Å². The maximum Gasteiger partial charge on any atom is 0.231 e. The van der Waals surface area contributed by atoms with Crippen LogP contribution >= 0.6 is 0 Å². The molecule has 3 rings (SSSR count). The summed E-state index contributed by atoms with van der Waals surface area (Å²) in [7, 11) is 0. The predicted octanol–water partition coefficient (Wildman–Crippen LogP) is 2.26. The molecule has 0 atom stereocenters. The Morgan fingerprint density at radius 2 is 1.89 bits per heavy atom. The van der Waals surface area contributed by atoms with E-state index in [9.17, 15) is 5.11 Å². The van der Waals surface area contributed by atoms with E-state index in [-0.39, 0.29) is 5.75 Å². The Morgan fingerprint density at radius 3 is 2.63 bits per heavy atom. The van der Waals surface area contributed by atoms with E-state index in [2.05, 4.69) is 10.1 Å². The lowest BCUT2D eigenvalue weighted by molar-refractivity contribution is 0.0830. The first-order valence-electron chi connectivity index (χ1n) is 6.49. The summed E-state index contributed by atoms with van der Waals surface area (Å²) in [6, 6.07) is 7.03. The van der Waals surface area contributed by atoms with Crippen molar-refractivity contribution < 1.29 is 14.4 Å². The quantitative estimate of drug-likeness (QED) is 0.916. The minimum Gasteiger partial charge on any atom is -0.508 e. The first-order chi connectivity index (χ1) is 9.31. The number of aromatic hydroxyl groups is 1. The molecule has 1 N–H and O–H groups in total. The van der Waals surface area contributed by atoms with Gasteiger partial charge in [-0.15, -0.1) is 0 Å². The van der Waals surface area contributed by atoms with Gasteiger partial charge in [0.25, 0.3) is 0 Å². The highest BCUT2D eigenvalue weighted by atomic mass is 16.5. The average Bonchev–Trinajstić information content (AvgIpc) is 2.91. The maximum absolute atomic E-state index is 9.23. The molecule has 0 spiro atoms. The zero-order valence-corrected chi connectivity index (χ0v) is 10.6. The Hall–Kier alpha value is -1.88. The van der Waals surface area contributed by atoms with Crippen LogP contribution in [0.3, 0.4) is 0 Å². The number of hydrogen-bond donors (Lipinski definition) is 1. The van der Waals surface area contributed by atoms with Gasteiger partial charge in [-0.05, 0) is 30.5 Å². The van der Waals surface area contributed by atoms with Crippen LogP contribution in [0.15, 0.2) is 28.8 Å². The summed E-state index contributed by atoms with van der Waals surface area (Å²) in [6.45, 7) is 1.54. The summed E-state index contributed by atoms with van der Waals surface area (Å²) in [5.41, 5.74) is 1.04. The molecule has 19 heavy (non-hydrogen) atoms. The number of benzene rings is 1. The molecule has 5 nitrogen and oxygen atoms in total. The van der Waals surface area contributed by atoms with Crippen LogP contribution in [-0.2, 0) is 11.2 Å². The fraction of sp³-hybridized carbons (Fsp3) is 0.429. The van der Waals surface area contributed by atoms with Crippen LogP contribution in [0.5, 0.6) is 5.75 Å². The molecule has 0 bridgehead atoms. The van der Waals surface area contributed by atoms with E-state index in [1.807, 2.05) is 12.1 Å². The first-order valence-corrected chi connectivity index (χ1v) is 6.49. The highest BCUT2D eigenvalue weighted by Gasteiger charge is 2.21. The van der Waals surface area contributed by atoms with E-state index >= 15 is 0 Å². The molecule has 0 saturated carbocycles. The van der Waals surface area contributed by atoms with E-state index in [0.29, 0.717) is 18.2 Å². The van der Waals surface area contributed by atoms with Gasteiger partial charge in [0.2, 0.25) is 5.89 Å². The van der Waals surface area contributed by atoms with Gasteiger partial charge in [-0.3, -0.25) is 0 Å². The van der Waals surface area contributed by atoms with E-state index in [1.165, 1.54) is 0 Å². The van der Waals surface area contributed by atoms with Crippen molar-refractivity contribution in [1.29, 1.82) is 0 Å². The van der Waals surface area contributed by atoms with Crippen LogP contribution in [-0.4, -0.2) is 28.5 Å². The third-order valence-corrected chi connectivity index (χ3v) is 3.36. The molecule has 1 aliphatic rings. The molecule has 5 heteroatoms. The van der Waals surface area contributed by atoms with Gasteiger partial charge in [0.05, 0.1) is 6.42 Å². The minimum absolute atomic E-state index is 0.261. The second-order valence-electron chi connectivity index (χ2n) is 4.78. The van der Waals surface area contributed by atoms with Crippen LogP contribution in [0.2, 0.25) is 0 Å². The third-order valence-electron chi connectivity index (χ3n) is 3.36. The fourth-order valence-corrected chi connectivity index (χ4v) is 2.25. The van der Waals surface area contributed by atoms with Crippen molar-refractivity contribution in [3.05, 3.63) is 41.5 Å². The number of phenolic OH excluding ortho intramolecular Hbond substituents is 1. The lowest BCUT2D eigenvalue weighted by atomic mass is 10.00. The van der Waals surface area contributed by atoms with Gasteiger partial charge in [0.1, 0.15) is 5.75 Å². The highest BCUT2D eigenvalue weighted by Crippen LogP contribution is 2.24. The van der Waals surface area contributed by atoms with Gasteiger partial charge in [-0.1, -0.05) is 17.3 Å². The minimum atomic E-state index is 0.261. The Labute approximate surface area is 111 Å². The Kier molecular flexibility index (Phi) is 3.46. The molecule has 2 heterocycles. The average molecular weight is 260 g/mol. The smallest absolute Gasteiger partial charge is 0.231 e. The van der Waals surface area contributed by atoms with Crippen LogP contribution < -0.4 is 0 Å². The zero-order valence-electron chi connectivity index (χ0n) is 10.6. The van der Waals surface area contributed by atoms with Gasteiger partial charge < -0.3 is 14.4 Å². The summed E-state index contributed by atoms with van der Waals surface area (Å²) in [6.07, 6.45) is 2.51. The lowest BCUT2D eigenvalue weighted by Crippen LogP contribution is -2.15. The van der Waals surface area contributed by atoms with Gasteiger partial charge in [0, 0.05) is 19.1 Å². The fourth-order valence-electron chi connectivity index (χ4n) is 2.25. The monoisotopic (exact) mass is 260 g/mol. The van der Waals surface area contributed by atoms with E-state index in [0.717, 1.165) is 37.4 Å². The number of rotatable bonds is 3. The number of phenols is 1. The van der Waals surface area contributed by atoms with E-state index in [4.69, 9.17) is 9.26 Å². The van der Waals surface area contributed by atoms with Gasteiger partial charge in [0.15, 0.2) is 5.82 Å². The van der Waals surface area contributed by atoms with E-state index < -0.39 is 0 Å². The first kappa shape index (κ1) is 12.2. The molecular weight excluding hydrogens is 244 g/mol. The highest BCUT2D eigenvalue weighted by molar-refractivity contribution is 5.27. The Morgan fingerprint density at radius 1 is 1.16 bits per heavy atom. The summed E-state index contributed by atoms with van der Waals surface area (Å²) >= 11 is 0. The second-order valence-corrected chi connectivity index (χ2v) is 4.78. The largest absolute Gasteiger partial charge is 0.508 e. The number of nitrogens with zero attached hydrogens (tertiary/aromatic N) is 2. The van der Waals surface area contributed by atoms with Crippen molar-refractivity contribution in [3.63, 3.8) is 0 Å². The second kappa shape index (κ2) is 5.40. The molecule has 1 aromatic carbocycles. The van der Waals surface area contributed by atoms with Crippen molar-refractivity contribution >= 4 is 0 Å². The maximum atomic E-state index is 9.23. The number of hydrogen-bond acceptors (Lipinski definition) is 5. The van der Waals surface area contributed by atoms with Gasteiger partial charge >= 0.3 is 0 Å². The lowest BCUT2D eigenvalue weighted by Gasteiger charge is -2.18. The van der Waals surface area contributed by atoms with Gasteiger partial charge in [-0.25, -0.2) is 0 Å². The molecule has 1 fully saturated rings. The predicted molar refractivity (Wildman–Crippen MR) is 68.0 cm³/mol. The standard InChI is InChI=1S/C14H16N2O3/c17-12-3-1-10(2-4-12)9-13-15-14(16-19-13)11-5-7-18-8-6-11/h1-4,11,17H,5-9H2. The molecule has 0 unspecified atom stereocenters. The van der Waals surface area contributed by atoms with Crippen LogP contribution in [0.25, 0.3) is 0 Å². The summed E-state index contributed by atoms with van der Waals surface area (Å²) in [5, 5.41) is 13.3. The molecular formula is C14H16N2O3. The number of ether oxygens (including phenoxy) is 1. The molecule has 100 valence electrons. The molecule has 0 amide bonds. The molecule has 1 aliphatic heterocycles. The van der Waals surface area contributed by atoms with Crippen LogP contribution in [0.1, 0.15) is 36.0 Å². The number of aromatic nitrogens is 2. The van der Waals surface area contributed by atoms with Crippen LogP contribution in [0, 0.1) is 0 Å². The van der Waals surface area contributed by atoms with Gasteiger partial charge in [-0.2, -0.15) is 4.98 Å². The summed E-state index contributed by atoms with van der Waals surface area (Å²) < 4.78 is 10.6. The Balaban J connectivity index is 1.68. The molecule has 0 aliphatic carbocycles.